The second-order valence-corrected chi connectivity index (χ2v) is 5.67. The average molecular weight is 269 g/mol. The van der Waals surface area contributed by atoms with Gasteiger partial charge in [-0.25, -0.2) is 0 Å². The van der Waals surface area contributed by atoms with E-state index in [1.165, 1.54) is 22.6 Å². The number of amides is 2. The molecule has 3 rings (SSSR count). The van der Waals surface area contributed by atoms with E-state index in [1.54, 1.807) is 0 Å². The molecule has 2 amide bonds. The fourth-order valence-corrected chi connectivity index (χ4v) is 3.73. The Morgan fingerprint density at radius 2 is 1.70 bits per heavy atom. The molecule has 104 valence electrons. The topological polar surface area (TPSA) is 37.4 Å². The molecule has 0 fully saturated rings. The van der Waals surface area contributed by atoms with Gasteiger partial charge in [-0.15, -0.1) is 0 Å². The minimum absolute atomic E-state index is 0.0877. The van der Waals surface area contributed by atoms with E-state index in [2.05, 4.69) is 26.0 Å². The van der Waals surface area contributed by atoms with Crippen LogP contribution in [0.4, 0.5) is 0 Å². The maximum absolute atomic E-state index is 12.0. The second kappa shape index (κ2) is 4.58. The molecule has 1 aliphatic heterocycles. The highest BCUT2D eigenvalue weighted by molar-refractivity contribution is 6.13. The van der Waals surface area contributed by atoms with Gasteiger partial charge in [-0.1, -0.05) is 38.1 Å². The Morgan fingerprint density at radius 3 is 2.30 bits per heavy atom. The number of carbonyl (C=O) groups excluding carboxylic acids is 2. The lowest BCUT2D eigenvalue weighted by Gasteiger charge is -2.29. The first kappa shape index (κ1) is 13.1. The molecule has 1 aliphatic carbocycles. The molecule has 0 bridgehead atoms. The molecule has 3 heteroatoms. The Hall–Kier alpha value is -1.90. The Labute approximate surface area is 119 Å². The van der Waals surface area contributed by atoms with Crippen LogP contribution >= 0.6 is 0 Å². The summed E-state index contributed by atoms with van der Waals surface area (Å²) in [5, 5.41) is 0. The number of hydrogen-bond acceptors (Lipinski definition) is 2. The van der Waals surface area contributed by atoms with Crippen LogP contribution in [-0.2, 0) is 15.0 Å². The minimum Gasteiger partial charge on any atom is -0.269 e. The summed E-state index contributed by atoms with van der Waals surface area (Å²) in [7, 11) is 0. The Morgan fingerprint density at radius 1 is 1.10 bits per heavy atom. The lowest BCUT2D eigenvalue weighted by Crippen LogP contribution is -2.34. The van der Waals surface area contributed by atoms with Crippen molar-refractivity contribution in [2.24, 2.45) is 0 Å². The van der Waals surface area contributed by atoms with E-state index >= 15 is 0 Å². The molecule has 0 saturated heterocycles. The zero-order valence-electron chi connectivity index (χ0n) is 11.9. The van der Waals surface area contributed by atoms with Crippen molar-refractivity contribution < 1.29 is 9.59 Å². The third kappa shape index (κ3) is 1.65. The molecule has 0 radical (unpaired) electrons. The summed E-state index contributed by atoms with van der Waals surface area (Å²) in [5.74, 6) is -0.365. The predicted molar refractivity (Wildman–Crippen MR) is 77.1 cm³/mol. The van der Waals surface area contributed by atoms with Crippen LogP contribution in [-0.4, -0.2) is 16.7 Å². The van der Waals surface area contributed by atoms with E-state index in [0.29, 0.717) is 0 Å². The quantitative estimate of drug-likeness (QED) is 0.791. The maximum Gasteiger partial charge on any atom is 0.254 e. The van der Waals surface area contributed by atoms with E-state index in [-0.39, 0.29) is 23.3 Å². The van der Waals surface area contributed by atoms with Gasteiger partial charge in [0.05, 0.1) is 6.04 Å². The summed E-state index contributed by atoms with van der Waals surface area (Å²) in [6.45, 7) is 4.38. The summed E-state index contributed by atoms with van der Waals surface area (Å²) in [6, 6.07) is 8.15. The lowest BCUT2D eigenvalue weighted by atomic mass is 9.77. The van der Waals surface area contributed by atoms with Gasteiger partial charge < -0.3 is 0 Å². The van der Waals surface area contributed by atoms with E-state index < -0.39 is 0 Å². The van der Waals surface area contributed by atoms with Crippen molar-refractivity contribution in [1.82, 2.24) is 4.90 Å². The Bertz CT molecular complexity index is 581. The molecular formula is C17H19NO2. The summed E-state index contributed by atoms with van der Waals surface area (Å²) in [4.78, 5) is 25.4. The van der Waals surface area contributed by atoms with Gasteiger partial charge in [0.2, 0.25) is 0 Å². The molecule has 1 atom stereocenters. The van der Waals surface area contributed by atoms with Gasteiger partial charge in [-0.05, 0) is 35.8 Å². The fraction of sp³-hybridized carbons (Fsp3) is 0.412. The molecule has 1 aromatic carbocycles. The monoisotopic (exact) mass is 269 g/mol. The van der Waals surface area contributed by atoms with Crippen LogP contribution in [0.25, 0.3) is 0 Å². The number of benzene rings is 1. The normalized spacial score (nSPS) is 23.5. The summed E-state index contributed by atoms with van der Waals surface area (Å²) in [5.41, 5.74) is 2.54. The molecular weight excluding hydrogens is 250 g/mol. The van der Waals surface area contributed by atoms with Crippen molar-refractivity contribution in [2.45, 2.75) is 44.6 Å². The highest BCUT2D eigenvalue weighted by Gasteiger charge is 2.46. The highest BCUT2D eigenvalue weighted by Crippen LogP contribution is 2.51. The molecule has 3 nitrogen and oxygen atoms in total. The maximum atomic E-state index is 12.0. The van der Waals surface area contributed by atoms with Gasteiger partial charge in [0, 0.05) is 12.2 Å². The first-order valence-electron chi connectivity index (χ1n) is 7.27. The summed E-state index contributed by atoms with van der Waals surface area (Å²) < 4.78 is 0. The standard InChI is InChI=1S/C17H19NO2/c1-3-17(4-2)11-14(12-7-5-6-8-13(12)17)18-15(19)9-10-16(18)20/h5-10,14H,3-4,11H2,1-2H3/t14-/m0/s1. The van der Waals surface area contributed by atoms with Crippen molar-refractivity contribution >= 4 is 11.8 Å². The summed E-state index contributed by atoms with van der Waals surface area (Å²) >= 11 is 0. The van der Waals surface area contributed by atoms with Crippen LogP contribution in [0.5, 0.6) is 0 Å². The third-order valence-corrected chi connectivity index (χ3v) is 4.98. The molecule has 20 heavy (non-hydrogen) atoms. The largest absolute Gasteiger partial charge is 0.269 e. The smallest absolute Gasteiger partial charge is 0.254 e. The van der Waals surface area contributed by atoms with Crippen molar-refractivity contribution in [3.63, 3.8) is 0 Å². The van der Waals surface area contributed by atoms with Crippen LogP contribution in [0.3, 0.4) is 0 Å². The number of hydrogen-bond donors (Lipinski definition) is 0. The van der Waals surface area contributed by atoms with Gasteiger partial charge in [0.25, 0.3) is 11.8 Å². The molecule has 2 aliphatic rings. The SMILES string of the molecule is CCC1(CC)C[C@H](N2C(=O)C=CC2=O)c2ccccc21. The first-order chi connectivity index (χ1) is 9.63. The molecule has 1 aromatic rings. The van der Waals surface area contributed by atoms with E-state index in [9.17, 15) is 9.59 Å². The van der Waals surface area contributed by atoms with Crippen LogP contribution in [0, 0.1) is 0 Å². The third-order valence-electron chi connectivity index (χ3n) is 4.98. The van der Waals surface area contributed by atoms with Gasteiger partial charge in [-0.3, -0.25) is 14.5 Å². The van der Waals surface area contributed by atoms with Gasteiger partial charge in [0.1, 0.15) is 0 Å². The summed E-state index contributed by atoms with van der Waals surface area (Å²) in [6.07, 6.45) is 5.66. The van der Waals surface area contributed by atoms with E-state index in [0.717, 1.165) is 24.8 Å². The molecule has 0 unspecified atom stereocenters. The van der Waals surface area contributed by atoms with Crippen molar-refractivity contribution in [3.8, 4) is 0 Å². The van der Waals surface area contributed by atoms with Crippen LogP contribution in [0.2, 0.25) is 0 Å². The van der Waals surface area contributed by atoms with Crippen molar-refractivity contribution in [1.29, 1.82) is 0 Å². The number of rotatable bonds is 3. The minimum atomic E-state index is -0.183. The fourth-order valence-electron chi connectivity index (χ4n) is 3.73. The molecule has 0 aromatic heterocycles. The zero-order valence-corrected chi connectivity index (χ0v) is 11.9. The van der Waals surface area contributed by atoms with Crippen molar-refractivity contribution in [2.75, 3.05) is 0 Å². The van der Waals surface area contributed by atoms with Gasteiger partial charge >= 0.3 is 0 Å². The van der Waals surface area contributed by atoms with Crippen molar-refractivity contribution in [3.05, 3.63) is 47.5 Å². The van der Waals surface area contributed by atoms with Gasteiger partial charge in [-0.2, -0.15) is 0 Å². The number of nitrogens with zero attached hydrogens (tertiary/aromatic N) is 1. The predicted octanol–water partition coefficient (Wildman–Crippen LogP) is 3.11. The Balaban J connectivity index is 2.08. The highest BCUT2D eigenvalue weighted by atomic mass is 16.2. The van der Waals surface area contributed by atoms with Gasteiger partial charge in [0.15, 0.2) is 0 Å². The molecule has 1 heterocycles. The molecule has 0 N–H and O–H groups in total. The first-order valence-corrected chi connectivity index (χ1v) is 7.27. The number of carbonyl (C=O) groups is 2. The van der Waals surface area contributed by atoms with Crippen LogP contribution < -0.4 is 0 Å². The Kier molecular flexibility index (Phi) is 3.00. The van der Waals surface area contributed by atoms with Crippen LogP contribution in [0.1, 0.15) is 50.3 Å². The zero-order chi connectivity index (χ0) is 14.3. The molecule has 0 saturated carbocycles. The van der Waals surface area contributed by atoms with E-state index in [4.69, 9.17) is 0 Å². The molecule has 0 spiro atoms. The average Bonchev–Trinajstić information content (AvgIpc) is 2.98. The van der Waals surface area contributed by atoms with E-state index in [1.807, 2.05) is 12.1 Å². The lowest BCUT2D eigenvalue weighted by molar-refractivity contribution is -0.139. The number of fused-ring (bicyclic) bond motifs is 1. The van der Waals surface area contributed by atoms with Crippen LogP contribution in [0.15, 0.2) is 36.4 Å². The second-order valence-electron chi connectivity index (χ2n) is 5.67. The number of imide groups is 1.